The van der Waals surface area contributed by atoms with Gasteiger partial charge in [0.15, 0.2) is 0 Å². The number of carbonyl (C=O) groups excluding carboxylic acids is 1. The Balaban J connectivity index is 1.04. The number of anilines is 4. The lowest BCUT2D eigenvalue weighted by Gasteiger charge is -2.57. The average Bonchev–Trinajstić information content (AvgIpc) is 2.91. The zero-order chi connectivity index (χ0) is 25.0. The molecule has 2 aliphatic heterocycles. The zero-order valence-corrected chi connectivity index (χ0v) is 21.3. The van der Waals surface area contributed by atoms with Gasteiger partial charge in [0.25, 0.3) is 0 Å². The molecule has 2 aromatic rings. The Morgan fingerprint density at radius 1 is 0.892 bits per heavy atom. The van der Waals surface area contributed by atoms with E-state index in [9.17, 15) is 9.90 Å². The smallest absolute Gasteiger partial charge is 0.390 e. The van der Waals surface area contributed by atoms with Gasteiger partial charge < -0.3 is 30.4 Å². The number of hydroxylamine groups is 1. The molecular formula is C29H37N5O3. The lowest BCUT2D eigenvalue weighted by Crippen LogP contribution is -2.62. The van der Waals surface area contributed by atoms with Crippen LogP contribution in [0.3, 0.4) is 0 Å². The Bertz CT molecular complexity index is 1130. The molecule has 2 heterocycles. The molecule has 4 saturated carbocycles. The van der Waals surface area contributed by atoms with Crippen molar-refractivity contribution in [1.82, 2.24) is 10.6 Å². The van der Waals surface area contributed by atoms with Crippen LogP contribution in [-0.2, 0) is 4.84 Å². The molecule has 6 aliphatic rings. The molecule has 0 aromatic heterocycles. The number of carbonyl (C=O) groups is 1. The zero-order valence-electron chi connectivity index (χ0n) is 21.3. The molecule has 5 atom stereocenters. The van der Waals surface area contributed by atoms with E-state index in [0.29, 0.717) is 24.3 Å². The summed E-state index contributed by atoms with van der Waals surface area (Å²) in [7, 11) is 0. The van der Waals surface area contributed by atoms with E-state index in [1.165, 1.54) is 5.69 Å². The molecule has 4 aliphatic carbocycles. The highest BCUT2D eigenvalue weighted by Gasteiger charge is 2.55. The normalized spacial score (nSPS) is 32.3. The van der Waals surface area contributed by atoms with Crippen molar-refractivity contribution in [3.63, 3.8) is 0 Å². The highest BCUT2D eigenvalue weighted by Crippen LogP contribution is 2.55. The summed E-state index contributed by atoms with van der Waals surface area (Å²) in [5.74, 6) is 1.33. The molecule has 196 valence electrons. The molecule has 3 unspecified atom stereocenters. The van der Waals surface area contributed by atoms with Crippen molar-refractivity contribution in [2.24, 2.45) is 17.8 Å². The molecule has 8 heteroatoms. The highest BCUT2D eigenvalue weighted by molar-refractivity contribution is 5.80. The van der Waals surface area contributed by atoms with Crippen LogP contribution in [0.25, 0.3) is 0 Å². The van der Waals surface area contributed by atoms with Crippen LogP contribution in [0.15, 0.2) is 48.5 Å². The lowest BCUT2D eigenvalue weighted by molar-refractivity contribution is -0.137. The molecule has 8 rings (SSSR count). The second-order valence-electron chi connectivity index (χ2n) is 11.7. The number of hydrogen-bond acceptors (Lipinski definition) is 7. The maximum atomic E-state index is 13.1. The summed E-state index contributed by atoms with van der Waals surface area (Å²) < 4.78 is 0. The largest absolute Gasteiger partial charge is 0.431 e. The first-order valence-corrected chi connectivity index (χ1v) is 14.0. The SMILES string of the molecule is O=C(NC1[C@@H]2CC3C[C@H]1CC(O)(C3)C2)ON1CCN(c2ccc(N3CCNCC3)cc2)c2ccccc21. The molecule has 2 aromatic carbocycles. The minimum absolute atomic E-state index is 0.107. The summed E-state index contributed by atoms with van der Waals surface area (Å²) in [4.78, 5) is 23.7. The third-order valence-corrected chi connectivity index (χ3v) is 9.33. The fourth-order valence-corrected chi connectivity index (χ4v) is 7.94. The van der Waals surface area contributed by atoms with Crippen LogP contribution in [0, 0.1) is 17.8 Å². The number of nitrogens with one attached hydrogen (secondary N) is 2. The molecule has 1 saturated heterocycles. The summed E-state index contributed by atoms with van der Waals surface area (Å²) in [5, 5.41) is 19.2. The number of fused-ring (bicyclic) bond motifs is 1. The van der Waals surface area contributed by atoms with Gasteiger partial charge in [-0.3, -0.25) is 0 Å². The van der Waals surface area contributed by atoms with E-state index in [-0.39, 0.29) is 12.1 Å². The van der Waals surface area contributed by atoms with Gasteiger partial charge in [0.05, 0.1) is 23.5 Å². The average molecular weight is 504 g/mol. The fraction of sp³-hybridized carbons (Fsp3) is 0.552. The minimum atomic E-state index is -0.503. The van der Waals surface area contributed by atoms with Crippen LogP contribution in [0.2, 0.25) is 0 Å². The number of para-hydroxylation sites is 2. The van der Waals surface area contributed by atoms with Crippen LogP contribution in [-0.4, -0.2) is 62.1 Å². The van der Waals surface area contributed by atoms with Crippen molar-refractivity contribution >= 4 is 28.8 Å². The molecule has 5 fully saturated rings. The van der Waals surface area contributed by atoms with Gasteiger partial charge in [0.1, 0.15) is 0 Å². The van der Waals surface area contributed by atoms with Gasteiger partial charge in [-0.25, -0.2) is 9.86 Å². The number of amides is 1. The summed E-state index contributed by atoms with van der Waals surface area (Å²) >= 11 is 0. The van der Waals surface area contributed by atoms with Crippen LogP contribution >= 0.6 is 0 Å². The van der Waals surface area contributed by atoms with E-state index in [1.54, 1.807) is 5.06 Å². The number of nitrogens with zero attached hydrogens (tertiary/aromatic N) is 3. The van der Waals surface area contributed by atoms with E-state index in [1.807, 2.05) is 18.2 Å². The van der Waals surface area contributed by atoms with Crippen molar-refractivity contribution in [3.8, 4) is 0 Å². The third kappa shape index (κ3) is 4.30. The van der Waals surface area contributed by atoms with Gasteiger partial charge in [-0.2, -0.15) is 0 Å². The van der Waals surface area contributed by atoms with Gasteiger partial charge in [-0.05, 0) is 86.3 Å². The predicted octanol–water partition coefficient (Wildman–Crippen LogP) is 3.64. The summed E-state index contributed by atoms with van der Waals surface area (Å²) in [6.07, 6.45) is 4.39. The molecular weight excluding hydrogens is 466 g/mol. The molecule has 4 bridgehead atoms. The first kappa shape index (κ1) is 23.2. The Hall–Kier alpha value is -2.97. The van der Waals surface area contributed by atoms with Gasteiger partial charge >= 0.3 is 6.09 Å². The fourth-order valence-electron chi connectivity index (χ4n) is 7.94. The minimum Gasteiger partial charge on any atom is -0.390 e. The lowest BCUT2D eigenvalue weighted by atomic mass is 9.52. The molecule has 0 radical (unpaired) electrons. The third-order valence-electron chi connectivity index (χ3n) is 9.33. The second kappa shape index (κ2) is 9.10. The number of hydrogen-bond donors (Lipinski definition) is 3. The van der Waals surface area contributed by atoms with Crippen LogP contribution in [0.4, 0.5) is 27.5 Å². The van der Waals surface area contributed by atoms with E-state index in [4.69, 9.17) is 4.84 Å². The van der Waals surface area contributed by atoms with E-state index < -0.39 is 5.60 Å². The maximum Gasteiger partial charge on any atom is 0.431 e. The standard InChI is InChI=1S/C29H37N5O3/c35-28(31-27-21-15-20-16-22(27)19-29(36,17-20)18-21)37-34-14-13-33(25-3-1-2-4-26(25)34)24-7-5-23(6-8-24)32-11-9-30-10-12-32/h1-8,20-22,27,30,36H,9-19H2,(H,31,35)/t20?,21-,22+,27?,29?. The molecule has 0 spiro atoms. The van der Waals surface area contributed by atoms with Crippen LogP contribution in [0.5, 0.6) is 0 Å². The number of benzene rings is 2. The number of piperazine rings is 1. The Kier molecular flexibility index (Phi) is 5.70. The van der Waals surface area contributed by atoms with Gasteiger partial charge in [-0.1, -0.05) is 12.1 Å². The monoisotopic (exact) mass is 503 g/mol. The number of rotatable bonds is 4. The molecule has 3 N–H and O–H groups in total. The quantitative estimate of drug-likeness (QED) is 0.588. The number of aliphatic hydroxyl groups is 1. The molecule has 8 nitrogen and oxygen atoms in total. The first-order chi connectivity index (χ1) is 18.0. The van der Waals surface area contributed by atoms with Gasteiger partial charge in [-0.15, -0.1) is 0 Å². The van der Waals surface area contributed by atoms with E-state index >= 15 is 0 Å². The van der Waals surface area contributed by atoms with Gasteiger partial charge in [0.2, 0.25) is 0 Å². The second-order valence-corrected chi connectivity index (χ2v) is 11.7. The first-order valence-electron chi connectivity index (χ1n) is 14.0. The van der Waals surface area contributed by atoms with Crippen molar-refractivity contribution in [2.75, 3.05) is 54.1 Å². The van der Waals surface area contributed by atoms with E-state index in [2.05, 4.69) is 50.8 Å². The van der Waals surface area contributed by atoms with Crippen molar-refractivity contribution in [3.05, 3.63) is 48.5 Å². The Morgan fingerprint density at radius 3 is 2.27 bits per heavy atom. The summed E-state index contributed by atoms with van der Waals surface area (Å²) in [5.41, 5.74) is 3.83. The van der Waals surface area contributed by atoms with Gasteiger partial charge in [0, 0.05) is 50.1 Å². The molecule has 37 heavy (non-hydrogen) atoms. The van der Waals surface area contributed by atoms with Crippen molar-refractivity contribution < 1.29 is 14.7 Å². The summed E-state index contributed by atoms with van der Waals surface area (Å²) in [6, 6.07) is 17.0. The maximum absolute atomic E-state index is 13.1. The van der Waals surface area contributed by atoms with Crippen LogP contribution < -0.4 is 25.5 Å². The Labute approximate surface area is 218 Å². The van der Waals surface area contributed by atoms with E-state index in [0.717, 1.165) is 81.9 Å². The molecule has 1 amide bonds. The van der Waals surface area contributed by atoms with Crippen molar-refractivity contribution in [1.29, 1.82) is 0 Å². The van der Waals surface area contributed by atoms with Crippen LogP contribution in [0.1, 0.15) is 32.1 Å². The summed E-state index contributed by atoms with van der Waals surface area (Å²) in [6.45, 7) is 5.42. The topological polar surface area (TPSA) is 80.3 Å². The van der Waals surface area contributed by atoms with Crippen molar-refractivity contribution in [2.45, 2.75) is 43.7 Å². The predicted molar refractivity (Wildman–Crippen MR) is 144 cm³/mol. The highest BCUT2D eigenvalue weighted by atomic mass is 16.7. The Morgan fingerprint density at radius 2 is 1.57 bits per heavy atom.